The summed E-state index contributed by atoms with van der Waals surface area (Å²) >= 11 is 3.50. The van der Waals surface area contributed by atoms with E-state index in [1.165, 1.54) is 12.8 Å². The lowest BCUT2D eigenvalue weighted by Gasteiger charge is -2.07. The highest BCUT2D eigenvalue weighted by molar-refractivity contribution is 9.09. The molecule has 1 nitrogen and oxygen atoms in total. The molecule has 0 heterocycles. The van der Waals surface area contributed by atoms with Crippen molar-refractivity contribution in [2.45, 2.75) is 19.8 Å². The summed E-state index contributed by atoms with van der Waals surface area (Å²) in [7, 11) is 1.77. The SMILES string of the molecule is COCCC1(C)CC1CBr. The van der Waals surface area contributed by atoms with Crippen molar-refractivity contribution in [1.29, 1.82) is 0 Å². The first kappa shape index (κ1) is 8.54. The number of ether oxygens (including phenoxy) is 1. The van der Waals surface area contributed by atoms with Crippen molar-refractivity contribution in [2.75, 3.05) is 19.0 Å². The minimum Gasteiger partial charge on any atom is -0.385 e. The fourth-order valence-corrected chi connectivity index (χ4v) is 2.40. The molecular weight excluding hydrogens is 192 g/mol. The van der Waals surface area contributed by atoms with E-state index in [4.69, 9.17) is 4.74 Å². The molecule has 0 radical (unpaired) electrons. The van der Waals surface area contributed by atoms with Crippen LogP contribution in [0.2, 0.25) is 0 Å². The first-order valence-electron chi connectivity index (χ1n) is 3.78. The summed E-state index contributed by atoms with van der Waals surface area (Å²) in [6.45, 7) is 3.26. The Hall–Kier alpha value is 0.440. The van der Waals surface area contributed by atoms with Crippen molar-refractivity contribution in [3.63, 3.8) is 0 Å². The normalized spacial score (nSPS) is 38.1. The standard InChI is InChI=1S/C8H15BrO/c1-8(3-4-10-2)5-7(8)6-9/h7H,3-6H2,1-2H3. The molecule has 0 aromatic carbocycles. The van der Waals surface area contributed by atoms with Gasteiger partial charge in [0.1, 0.15) is 0 Å². The van der Waals surface area contributed by atoms with E-state index in [1.807, 2.05) is 0 Å². The topological polar surface area (TPSA) is 9.23 Å². The number of alkyl halides is 1. The Morgan fingerprint density at radius 1 is 1.70 bits per heavy atom. The molecule has 0 aliphatic heterocycles. The zero-order valence-electron chi connectivity index (χ0n) is 6.69. The van der Waals surface area contributed by atoms with Gasteiger partial charge in [0, 0.05) is 19.0 Å². The van der Waals surface area contributed by atoms with Gasteiger partial charge >= 0.3 is 0 Å². The minimum atomic E-state index is 0.597. The van der Waals surface area contributed by atoms with Crippen LogP contribution in [0, 0.1) is 11.3 Å². The van der Waals surface area contributed by atoms with Crippen LogP contribution in [0.15, 0.2) is 0 Å². The molecule has 1 rings (SSSR count). The van der Waals surface area contributed by atoms with Gasteiger partial charge in [0.25, 0.3) is 0 Å². The second-order valence-corrected chi connectivity index (χ2v) is 4.10. The predicted octanol–water partition coefficient (Wildman–Crippen LogP) is 2.44. The lowest BCUT2D eigenvalue weighted by Crippen LogP contribution is -2.03. The molecule has 0 bridgehead atoms. The third-order valence-electron chi connectivity index (χ3n) is 2.60. The Morgan fingerprint density at radius 2 is 2.40 bits per heavy atom. The third kappa shape index (κ3) is 1.73. The molecular formula is C8H15BrO. The molecule has 2 unspecified atom stereocenters. The van der Waals surface area contributed by atoms with Crippen LogP contribution in [-0.4, -0.2) is 19.0 Å². The van der Waals surface area contributed by atoms with Crippen LogP contribution in [0.4, 0.5) is 0 Å². The van der Waals surface area contributed by atoms with Crippen LogP contribution >= 0.6 is 15.9 Å². The highest BCUT2D eigenvalue weighted by Crippen LogP contribution is 2.55. The van der Waals surface area contributed by atoms with Gasteiger partial charge in [0.05, 0.1) is 0 Å². The van der Waals surface area contributed by atoms with E-state index in [-0.39, 0.29) is 0 Å². The molecule has 0 amide bonds. The molecule has 0 aromatic rings. The summed E-state index contributed by atoms with van der Waals surface area (Å²) in [5.41, 5.74) is 0.597. The van der Waals surface area contributed by atoms with Crippen LogP contribution in [-0.2, 0) is 4.74 Å². The second kappa shape index (κ2) is 3.22. The summed E-state index contributed by atoms with van der Waals surface area (Å²) < 4.78 is 5.04. The molecule has 1 saturated carbocycles. The van der Waals surface area contributed by atoms with Gasteiger partial charge < -0.3 is 4.74 Å². The fourth-order valence-electron chi connectivity index (χ4n) is 1.39. The molecule has 60 valence electrons. The zero-order valence-corrected chi connectivity index (χ0v) is 8.28. The largest absolute Gasteiger partial charge is 0.385 e. The summed E-state index contributed by atoms with van der Waals surface area (Å²) in [5, 5.41) is 1.16. The van der Waals surface area contributed by atoms with Crippen LogP contribution in [0.3, 0.4) is 0 Å². The third-order valence-corrected chi connectivity index (χ3v) is 3.38. The van der Waals surface area contributed by atoms with E-state index in [0.29, 0.717) is 5.41 Å². The molecule has 0 N–H and O–H groups in total. The molecule has 0 aromatic heterocycles. The minimum absolute atomic E-state index is 0.597. The van der Waals surface area contributed by atoms with Gasteiger partial charge in [-0.15, -0.1) is 0 Å². The Morgan fingerprint density at radius 3 is 2.80 bits per heavy atom. The van der Waals surface area contributed by atoms with Gasteiger partial charge in [0.2, 0.25) is 0 Å². The summed E-state index contributed by atoms with van der Waals surface area (Å²) in [4.78, 5) is 0. The molecule has 2 heteroatoms. The van der Waals surface area contributed by atoms with Gasteiger partial charge in [0.15, 0.2) is 0 Å². The van der Waals surface area contributed by atoms with Crippen LogP contribution in [0.25, 0.3) is 0 Å². The highest BCUT2D eigenvalue weighted by atomic mass is 79.9. The molecule has 1 aliphatic rings. The Kier molecular flexibility index (Phi) is 2.75. The van der Waals surface area contributed by atoms with Gasteiger partial charge in [-0.2, -0.15) is 0 Å². The first-order chi connectivity index (χ1) is 4.73. The number of hydrogen-bond donors (Lipinski definition) is 0. The Balaban J connectivity index is 2.16. The number of hydrogen-bond acceptors (Lipinski definition) is 1. The Bertz CT molecular complexity index is 116. The van der Waals surface area contributed by atoms with Gasteiger partial charge in [-0.1, -0.05) is 22.9 Å². The quantitative estimate of drug-likeness (QED) is 0.643. The van der Waals surface area contributed by atoms with E-state index in [1.54, 1.807) is 7.11 Å². The van der Waals surface area contributed by atoms with Crippen LogP contribution in [0.1, 0.15) is 19.8 Å². The van der Waals surface area contributed by atoms with E-state index in [2.05, 4.69) is 22.9 Å². The van der Waals surface area contributed by atoms with Crippen molar-refractivity contribution in [2.24, 2.45) is 11.3 Å². The summed E-state index contributed by atoms with van der Waals surface area (Å²) in [5.74, 6) is 0.905. The van der Waals surface area contributed by atoms with Crippen molar-refractivity contribution in [3.8, 4) is 0 Å². The van der Waals surface area contributed by atoms with Gasteiger partial charge in [-0.25, -0.2) is 0 Å². The van der Waals surface area contributed by atoms with Crippen molar-refractivity contribution in [3.05, 3.63) is 0 Å². The molecule has 1 aliphatic carbocycles. The van der Waals surface area contributed by atoms with Crippen LogP contribution < -0.4 is 0 Å². The average molecular weight is 207 g/mol. The second-order valence-electron chi connectivity index (χ2n) is 3.45. The van der Waals surface area contributed by atoms with E-state index in [9.17, 15) is 0 Å². The molecule has 1 fully saturated rings. The maximum Gasteiger partial charge on any atom is 0.0467 e. The zero-order chi connectivity index (χ0) is 7.61. The van der Waals surface area contributed by atoms with Crippen molar-refractivity contribution < 1.29 is 4.74 Å². The van der Waals surface area contributed by atoms with Crippen molar-refractivity contribution in [1.82, 2.24) is 0 Å². The van der Waals surface area contributed by atoms with Gasteiger partial charge in [-0.05, 0) is 24.2 Å². The van der Waals surface area contributed by atoms with Crippen LogP contribution in [0.5, 0.6) is 0 Å². The monoisotopic (exact) mass is 206 g/mol. The molecule has 10 heavy (non-hydrogen) atoms. The number of rotatable bonds is 4. The van der Waals surface area contributed by atoms with Crippen molar-refractivity contribution >= 4 is 15.9 Å². The maximum absolute atomic E-state index is 5.04. The predicted molar refractivity (Wildman–Crippen MR) is 46.5 cm³/mol. The van der Waals surface area contributed by atoms with E-state index < -0.39 is 0 Å². The molecule has 0 saturated heterocycles. The van der Waals surface area contributed by atoms with Gasteiger partial charge in [-0.3, -0.25) is 0 Å². The highest BCUT2D eigenvalue weighted by Gasteiger charge is 2.48. The average Bonchev–Trinajstić information content (AvgIpc) is 2.59. The maximum atomic E-state index is 5.04. The first-order valence-corrected chi connectivity index (χ1v) is 4.90. The van der Waals surface area contributed by atoms with E-state index >= 15 is 0 Å². The molecule has 2 atom stereocenters. The summed E-state index contributed by atoms with van der Waals surface area (Å²) in [6.07, 6.45) is 2.60. The van der Waals surface area contributed by atoms with E-state index in [0.717, 1.165) is 17.9 Å². The summed E-state index contributed by atoms with van der Waals surface area (Å²) in [6, 6.07) is 0. The lowest BCUT2D eigenvalue weighted by atomic mass is 10.0. The molecule has 0 spiro atoms. The number of methoxy groups -OCH3 is 1. The fraction of sp³-hybridized carbons (Fsp3) is 1.00. The Labute approximate surface area is 71.3 Å². The lowest BCUT2D eigenvalue weighted by molar-refractivity contribution is 0.173. The smallest absolute Gasteiger partial charge is 0.0467 e. The number of halogens is 1.